The van der Waals surface area contributed by atoms with Gasteiger partial charge in [-0.05, 0) is 71.6 Å². The van der Waals surface area contributed by atoms with Crippen molar-refractivity contribution < 1.29 is 0 Å². The summed E-state index contributed by atoms with van der Waals surface area (Å²) in [6.45, 7) is 5.46. The van der Waals surface area contributed by atoms with Crippen LogP contribution in [-0.4, -0.2) is 72.1 Å². The minimum absolute atomic E-state index is 0.876. The van der Waals surface area contributed by atoms with Crippen molar-refractivity contribution in [1.29, 1.82) is 0 Å². The molecule has 0 saturated carbocycles. The normalized spacial score (nSPS) is 43.3. The van der Waals surface area contributed by atoms with Crippen LogP contribution in [0.3, 0.4) is 0 Å². The average molecular weight is 291 g/mol. The fourth-order valence-electron chi connectivity index (χ4n) is 5.62. The van der Waals surface area contributed by atoms with Gasteiger partial charge in [0.1, 0.15) is 0 Å². The molecule has 0 N–H and O–H groups in total. The second-order valence-corrected chi connectivity index (χ2v) is 8.06. The fourth-order valence-corrected chi connectivity index (χ4v) is 5.62. The SMILES string of the molecule is CN1C2CCCC1CC(N1CCCN3CCCCC3C1)C2. The maximum absolute atomic E-state index is 2.91. The molecular weight excluding hydrogens is 258 g/mol. The van der Waals surface area contributed by atoms with Crippen LogP contribution in [-0.2, 0) is 0 Å². The van der Waals surface area contributed by atoms with Crippen LogP contribution in [0, 0.1) is 0 Å². The standard InChI is InChI=1S/C18H33N3/c1-19-15-7-4-8-16(19)13-18(12-15)21-11-5-10-20-9-3-2-6-17(20)14-21/h15-18H,2-14H2,1H3. The lowest BCUT2D eigenvalue weighted by atomic mass is 9.81. The van der Waals surface area contributed by atoms with Gasteiger partial charge in [-0.25, -0.2) is 0 Å². The zero-order valence-corrected chi connectivity index (χ0v) is 13.8. The van der Waals surface area contributed by atoms with Crippen LogP contribution in [0.4, 0.5) is 0 Å². The van der Waals surface area contributed by atoms with E-state index in [2.05, 4.69) is 21.7 Å². The molecule has 0 aromatic rings. The maximum Gasteiger partial charge on any atom is 0.0223 e. The molecule has 21 heavy (non-hydrogen) atoms. The first-order valence-electron chi connectivity index (χ1n) is 9.51. The van der Waals surface area contributed by atoms with E-state index >= 15 is 0 Å². The zero-order chi connectivity index (χ0) is 14.2. The molecule has 0 amide bonds. The van der Waals surface area contributed by atoms with Gasteiger partial charge in [-0.2, -0.15) is 0 Å². The first kappa shape index (κ1) is 14.5. The van der Waals surface area contributed by atoms with Crippen LogP contribution >= 0.6 is 0 Å². The molecule has 4 aliphatic heterocycles. The van der Waals surface area contributed by atoms with Gasteiger partial charge in [0.15, 0.2) is 0 Å². The van der Waals surface area contributed by atoms with E-state index in [1.54, 1.807) is 0 Å². The van der Waals surface area contributed by atoms with Crippen molar-refractivity contribution in [3.63, 3.8) is 0 Å². The van der Waals surface area contributed by atoms with Crippen molar-refractivity contribution in [2.75, 3.05) is 33.2 Å². The molecular formula is C18H33N3. The number of fused-ring (bicyclic) bond motifs is 3. The fraction of sp³-hybridized carbons (Fsp3) is 1.00. The van der Waals surface area contributed by atoms with E-state index in [1.807, 2.05) is 0 Å². The van der Waals surface area contributed by atoms with E-state index in [-0.39, 0.29) is 0 Å². The molecule has 4 saturated heterocycles. The Morgan fingerprint density at radius 3 is 2.10 bits per heavy atom. The van der Waals surface area contributed by atoms with Crippen molar-refractivity contribution in [3.05, 3.63) is 0 Å². The van der Waals surface area contributed by atoms with Gasteiger partial charge in [0, 0.05) is 30.7 Å². The maximum atomic E-state index is 2.91. The Balaban J connectivity index is 1.43. The Kier molecular flexibility index (Phi) is 4.25. The largest absolute Gasteiger partial charge is 0.300 e. The van der Waals surface area contributed by atoms with Crippen molar-refractivity contribution in [2.45, 2.75) is 82.0 Å². The van der Waals surface area contributed by atoms with Crippen molar-refractivity contribution in [3.8, 4) is 0 Å². The predicted molar refractivity (Wildman–Crippen MR) is 87.6 cm³/mol. The lowest BCUT2D eigenvalue weighted by Crippen LogP contribution is -2.56. The molecule has 0 spiro atoms. The third-order valence-electron chi connectivity index (χ3n) is 6.92. The summed E-state index contributed by atoms with van der Waals surface area (Å²) in [5.74, 6) is 0. The van der Waals surface area contributed by atoms with E-state index in [0.29, 0.717) is 0 Å². The van der Waals surface area contributed by atoms with Crippen LogP contribution in [0.2, 0.25) is 0 Å². The lowest BCUT2D eigenvalue weighted by Gasteiger charge is -2.50. The Morgan fingerprint density at radius 1 is 0.619 bits per heavy atom. The van der Waals surface area contributed by atoms with Gasteiger partial charge in [-0.1, -0.05) is 12.8 Å². The summed E-state index contributed by atoms with van der Waals surface area (Å²) in [6.07, 6.45) is 13.0. The summed E-state index contributed by atoms with van der Waals surface area (Å²) in [6, 6.07) is 3.53. The van der Waals surface area contributed by atoms with Gasteiger partial charge in [0.25, 0.3) is 0 Å². The number of hydrogen-bond donors (Lipinski definition) is 0. The van der Waals surface area contributed by atoms with Crippen LogP contribution < -0.4 is 0 Å². The zero-order valence-electron chi connectivity index (χ0n) is 13.8. The van der Waals surface area contributed by atoms with Gasteiger partial charge < -0.3 is 4.90 Å². The molecule has 2 bridgehead atoms. The third-order valence-corrected chi connectivity index (χ3v) is 6.92. The summed E-state index contributed by atoms with van der Waals surface area (Å²) >= 11 is 0. The second kappa shape index (κ2) is 6.17. The van der Waals surface area contributed by atoms with Gasteiger partial charge >= 0.3 is 0 Å². The molecule has 120 valence electrons. The summed E-state index contributed by atoms with van der Waals surface area (Å²) < 4.78 is 0. The summed E-state index contributed by atoms with van der Waals surface area (Å²) in [4.78, 5) is 8.43. The van der Waals surface area contributed by atoms with E-state index in [4.69, 9.17) is 0 Å². The highest BCUT2D eigenvalue weighted by molar-refractivity contribution is 4.96. The Hall–Kier alpha value is -0.120. The number of rotatable bonds is 1. The van der Waals surface area contributed by atoms with E-state index in [9.17, 15) is 0 Å². The van der Waals surface area contributed by atoms with Crippen molar-refractivity contribution in [2.24, 2.45) is 0 Å². The quantitative estimate of drug-likeness (QED) is 0.735. The first-order valence-corrected chi connectivity index (χ1v) is 9.51. The monoisotopic (exact) mass is 291 g/mol. The van der Waals surface area contributed by atoms with Gasteiger partial charge in [-0.3, -0.25) is 9.80 Å². The lowest BCUT2D eigenvalue weighted by molar-refractivity contribution is 0.00450. The summed E-state index contributed by atoms with van der Waals surface area (Å²) in [7, 11) is 2.38. The van der Waals surface area contributed by atoms with Crippen LogP contribution in [0.25, 0.3) is 0 Å². The predicted octanol–water partition coefficient (Wildman–Crippen LogP) is 2.56. The van der Waals surface area contributed by atoms with Gasteiger partial charge in [0.05, 0.1) is 0 Å². The summed E-state index contributed by atoms with van der Waals surface area (Å²) in [5, 5.41) is 0. The molecule has 0 aliphatic carbocycles. The minimum Gasteiger partial charge on any atom is -0.300 e. The first-order chi connectivity index (χ1) is 10.3. The molecule has 0 radical (unpaired) electrons. The topological polar surface area (TPSA) is 9.72 Å². The van der Waals surface area contributed by atoms with Crippen LogP contribution in [0.1, 0.15) is 57.8 Å². The smallest absolute Gasteiger partial charge is 0.0223 e. The molecule has 0 aromatic heterocycles. The Bertz CT molecular complexity index is 344. The molecule has 4 heterocycles. The highest BCUT2D eigenvalue weighted by atomic mass is 15.3. The molecule has 0 aromatic carbocycles. The number of hydrogen-bond acceptors (Lipinski definition) is 3. The average Bonchev–Trinajstić information content (AvgIpc) is 2.69. The molecule has 4 fully saturated rings. The molecule has 4 rings (SSSR count). The van der Waals surface area contributed by atoms with Gasteiger partial charge in [0.2, 0.25) is 0 Å². The van der Waals surface area contributed by atoms with Crippen LogP contribution in [0.15, 0.2) is 0 Å². The molecule has 4 aliphatic rings. The van der Waals surface area contributed by atoms with Crippen molar-refractivity contribution >= 4 is 0 Å². The van der Waals surface area contributed by atoms with Crippen LogP contribution in [0.5, 0.6) is 0 Å². The minimum atomic E-state index is 0.876. The van der Waals surface area contributed by atoms with E-state index < -0.39 is 0 Å². The Labute approximate surface area is 130 Å². The number of nitrogens with zero attached hydrogens (tertiary/aromatic N) is 3. The highest BCUT2D eigenvalue weighted by Crippen LogP contribution is 2.35. The van der Waals surface area contributed by atoms with Crippen molar-refractivity contribution in [1.82, 2.24) is 14.7 Å². The number of piperidine rings is 3. The molecule has 3 unspecified atom stereocenters. The van der Waals surface area contributed by atoms with E-state index in [1.165, 1.54) is 84.0 Å². The third kappa shape index (κ3) is 2.89. The highest BCUT2D eigenvalue weighted by Gasteiger charge is 2.39. The summed E-state index contributed by atoms with van der Waals surface area (Å²) in [5.41, 5.74) is 0. The second-order valence-electron chi connectivity index (χ2n) is 8.06. The van der Waals surface area contributed by atoms with E-state index in [0.717, 1.165) is 24.2 Å². The Morgan fingerprint density at radius 2 is 1.29 bits per heavy atom. The van der Waals surface area contributed by atoms with Gasteiger partial charge in [-0.15, -0.1) is 0 Å². The molecule has 3 nitrogen and oxygen atoms in total. The molecule has 3 atom stereocenters. The molecule has 3 heteroatoms.